The van der Waals surface area contributed by atoms with Gasteiger partial charge in [0.05, 0.1) is 0 Å². The smallest absolute Gasteiger partial charge is 0.258 e. The van der Waals surface area contributed by atoms with E-state index in [9.17, 15) is 0 Å². The largest absolute Gasteiger partial charge is 0.333 e. The Kier molecular flexibility index (Phi) is 2.85. The molecule has 0 aliphatic heterocycles. The van der Waals surface area contributed by atoms with Gasteiger partial charge in [0, 0.05) is 15.1 Å². The molecule has 1 aromatic carbocycles. The zero-order valence-electron chi connectivity index (χ0n) is 8.76. The fraction of sp³-hybridized carbons (Fsp3) is 0. The van der Waals surface area contributed by atoms with Gasteiger partial charge in [-0.2, -0.15) is 10.1 Å². The van der Waals surface area contributed by atoms with Gasteiger partial charge in [0.2, 0.25) is 5.82 Å². The van der Waals surface area contributed by atoms with Crippen molar-refractivity contribution >= 4 is 27.5 Å². The summed E-state index contributed by atoms with van der Waals surface area (Å²) in [7, 11) is 0. The van der Waals surface area contributed by atoms with E-state index in [-0.39, 0.29) is 0 Å². The monoisotopic (exact) mass is 325 g/mol. The number of H-pyrrole nitrogens is 1. The molecule has 3 rings (SSSR count). The van der Waals surface area contributed by atoms with Crippen LogP contribution < -0.4 is 0 Å². The van der Waals surface area contributed by atoms with Crippen LogP contribution >= 0.6 is 27.5 Å². The summed E-state index contributed by atoms with van der Waals surface area (Å²) in [6.07, 6.45) is 1.38. The van der Waals surface area contributed by atoms with Gasteiger partial charge in [-0.1, -0.05) is 32.7 Å². The molecule has 0 saturated heterocycles. The SMILES string of the molecule is Clc1cc(Br)cc(-c2nc(-c3ncn[nH]3)no2)c1. The molecule has 2 aromatic heterocycles. The van der Waals surface area contributed by atoms with E-state index in [1.54, 1.807) is 12.1 Å². The lowest BCUT2D eigenvalue weighted by Crippen LogP contribution is -1.83. The van der Waals surface area contributed by atoms with Gasteiger partial charge in [0.1, 0.15) is 6.33 Å². The molecule has 0 unspecified atom stereocenters. The average Bonchev–Trinajstić information content (AvgIpc) is 2.99. The number of aromatic nitrogens is 5. The Balaban J connectivity index is 2.03. The summed E-state index contributed by atoms with van der Waals surface area (Å²) in [5, 5.41) is 10.8. The number of rotatable bonds is 2. The number of benzene rings is 1. The van der Waals surface area contributed by atoms with E-state index >= 15 is 0 Å². The highest BCUT2D eigenvalue weighted by Gasteiger charge is 2.13. The lowest BCUT2D eigenvalue weighted by Gasteiger charge is -1.96. The molecule has 1 N–H and O–H groups in total. The predicted octanol–water partition coefficient (Wildman–Crippen LogP) is 2.94. The number of nitrogens with one attached hydrogen (secondary N) is 1. The average molecular weight is 327 g/mol. The maximum Gasteiger partial charge on any atom is 0.258 e. The van der Waals surface area contributed by atoms with Gasteiger partial charge in [0.25, 0.3) is 5.89 Å². The molecule has 6 nitrogen and oxygen atoms in total. The first-order chi connectivity index (χ1) is 8.72. The van der Waals surface area contributed by atoms with E-state index in [1.165, 1.54) is 6.33 Å². The number of halogens is 2. The van der Waals surface area contributed by atoms with Crippen LogP contribution in [0.5, 0.6) is 0 Å². The first-order valence-corrected chi connectivity index (χ1v) is 6.05. The molecule has 0 radical (unpaired) electrons. The fourth-order valence-electron chi connectivity index (χ4n) is 1.43. The Hall–Kier alpha value is -1.73. The van der Waals surface area contributed by atoms with Crippen molar-refractivity contribution in [1.29, 1.82) is 0 Å². The Morgan fingerprint density at radius 1 is 1.28 bits per heavy atom. The first-order valence-electron chi connectivity index (χ1n) is 4.88. The normalized spacial score (nSPS) is 10.8. The third kappa shape index (κ3) is 2.14. The predicted molar refractivity (Wildman–Crippen MR) is 67.8 cm³/mol. The van der Waals surface area contributed by atoms with Gasteiger partial charge < -0.3 is 4.52 Å². The molecular weight excluding hydrogens is 322 g/mol. The molecule has 2 heterocycles. The lowest BCUT2D eigenvalue weighted by molar-refractivity contribution is 0.432. The summed E-state index contributed by atoms with van der Waals surface area (Å²) in [5.74, 6) is 1.16. The molecule has 90 valence electrons. The minimum absolute atomic E-state index is 0.346. The Bertz CT molecular complexity index is 661. The van der Waals surface area contributed by atoms with Crippen LogP contribution in [0.15, 0.2) is 33.5 Å². The quantitative estimate of drug-likeness (QED) is 0.783. The molecule has 0 amide bonds. The van der Waals surface area contributed by atoms with Gasteiger partial charge in [-0.25, -0.2) is 4.98 Å². The molecular formula is C10H5BrClN5O. The third-order valence-corrected chi connectivity index (χ3v) is 2.84. The van der Waals surface area contributed by atoms with E-state index in [0.717, 1.165) is 10.0 Å². The van der Waals surface area contributed by atoms with Crippen LogP contribution in [0, 0.1) is 0 Å². The van der Waals surface area contributed by atoms with Crippen molar-refractivity contribution in [3.8, 4) is 23.1 Å². The summed E-state index contributed by atoms with van der Waals surface area (Å²) in [6.45, 7) is 0. The minimum atomic E-state index is 0.346. The van der Waals surface area contributed by atoms with Crippen LogP contribution in [0.4, 0.5) is 0 Å². The number of aromatic amines is 1. The molecule has 0 fully saturated rings. The second-order valence-corrected chi connectivity index (χ2v) is 4.77. The number of nitrogens with zero attached hydrogens (tertiary/aromatic N) is 4. The second kappa shape index (κ2) is 4.51. The van der Waals surface area contributed by atoms with Gasteiger partial charge in [-0.05, 0) is 18.2 Å². The maximum absolute atomic E-state index is 5.96. The first kappa shape index (κ1) is 11.4. The van der Waals surface area contributed by atoms with E-state index < -0.39 is 0 Å². The highest BCUT2D eigenvalue weighted by molar-refractivity contribution is 9.10. The van der Waals surface area contributed by atoms with Crippen molar-refractivity contribution in [2.75, 3.05) is 0 Å². The van der Waals surface area contributed by atoms with Gasteiger partial charge in [0.15, 0.2) is 5.82 Å². The molecule has 0 bridgehead atoms. The van der Waals surface area contributed by atoms with E-state index in [2.05, 4.69) is 41.3 Å². The molecule has 8 heteroatoms. The Morgan fingerprint density at radius 3 is 2.89 bits per heavy atom. The van der Waals surface area contributed by atoms with Gasteiger partial charge in [-0.15, -0.1) is 0 Å². The Morgan fingerprint density at radius 2 is 2.17 bits per heavy atom. The zero-order valence-corrected chi connectivity index (χ0v) is 11.1. The summed E-state index contributed by atoms with van der Waals surface area (Å²) in [4.78, 5) is 8.16. The third-order valence-electron chi connectivity index (χ3n) is 2.16. The summed E-state index contributed by atoms with van der Waals surface area (Å²) < 4.78 is 5.99. The molecule has 18 heavy (non-hydrogen) atoms. The van der Waals surface area contributed by atoms with Crippen LogP contribution in [0.3, 0.4) is 0 Å². The van der Waals surface area contributed by atoms with Crippen molar-refractivity contribution in [3.05, 3.63) is 34.0 Å². The summed E-state index contributed by atoms with van der Waals surface area (Å²) >= 11 is 9.31. The molecule has 0 saturated carbocycles. The van der Waals surface area contributed by atoms with Crippen LogP contribution in [-0.2, 0) is 0 Å². The van der Waals surface area contributed by atoms with Crippen LogP contribution in [0.2, 0.25) is 5.02 Å². The molecule has 0 spiro atoms. The highest BCUT2D eigenvalue weighted by atomic mass is 79.9. The summed E-state index contributed by atoms with van der Waals surface area (Å²) in [6, 6.07) is 5.35. The standard InChI is InChI=1S/C10H5BrClN5O/c11-6-1-5(2-7(12)3-6)10-15-9(17-18-10)8-13-4-14-16-8/h1-4H,(H,13,14,16). The second-order valence-electron chi connectivity index (χ2n) is 3.42. The van der Waals surface area contributed by atoms with E-state index in [1.807, 2.05) is 6.07 Å². The lowest BCUT2D eigenvalue weighted by atomic mass is 10.2. The van der Waals surface area contributed by atoms with Crippen molar-refractivity contribution in [3.63, 3.8) is 0 Å². The molecule has 0 aliphatic rings. The van der Waals surface area contributed by atoms with Crippen LogP contribution in [0.25, 0.3) is 23.1 Å². The van der Waals surface area contributed by atoms with E-state index in [0.29, 0.717) is 22.6 Å². The topological polar surface area (TPSA) is 80.5 Å². The van der Waals surface area contributed by atoms with Crippen LogP contribution in [0.1, 0.15) is 0 Å². The Labute approximate surface area is 115 Å². The van der Waals surface area contributed by atoms with Crippen LogP contribution in [-0.4, -0.2) is 25.3 Å². The molecule has 3 aromatic rings. The van der Waals surface area contributed by atoms with Gasteiger partial charge >= 0.3 is 0 Å². The molecule has 0 atom stereocenters. The zero-order chi connectivity index (χ0) is 12.5. The minimum Gasteiger partial charge on any atom is -0.333 e. The van der Waals surface area contributed by atoms with Crippen molar-refractivity contribution in [2.24, 2.45) is 0 Å². The number of hydrogen-bond acceptors (Lipinski definition) is 5. The maximum atomic E-state index is 5.96. The van der Waals surface area contributed by atoms with E-state index in [4.69, 9.17) is 16.1 Å². The van der Waals surface area contributed by atoms with Crippen molar-refractivity contribution < 1.29 is 4.52 Å². The fourth-order valence-corrected chi connectivity index (χ4v) is 2.29. The van der Waals surface area contributed by atoms with Crippen molar-refractivity contribution in [1.82, 2.24) is 25.3 Å². The van der Waals surface area contributed by atoms with Gasteiger partial charge in [-0.3, -0.25) is 5.10 Å². The highest BCUT2D eigenvalue weighted by Crippen LogP contribution is 2.27. The summed E-state index contributed by atoms with van der Waals surface area (Å²) in [5.41, 5.74) is 0.729. The molecule has 0 aliphatic carbocycles. The number of hydrogen-bond donors (Lipinski definition) is 1. The van der Waals surface area contributed by atoms with Crippen molar-refractivity contribution in [2.45, 2.75) is 0 Å².